The van der Waals surface area contributed by atoms with Gasteiger partial charge in [-0.1, -0.05) is 26.7 Å². The summed E-state index contributed by atoms with van der Waals surface area (Å²) < 4.78 is 29.7. The monoisotopic (exact) mass is 445 g/mol. The highest BCUT2D eigenvalue weighted by Gasteiger charge is 2.28. The number of carbonyl (C=O) groups excluding carboxylic acids is 1. The summed E-state index contributed by atoms with van der Waals surface area (Å²) in [6.07, 6.45) is 8.93. The Kier molecular flexibility index (Phi) is 6.72. The van der Waals surface area contributed by atoms with E-state index in [9.17, 15) is 13.2 Å². The number of fused-ring (bicyclic) bond motifs is 1. The lowest BCUT2D eigenvalue weighted by atomic mass is 9.86. The third-order valence-electron chi connectivity index (χ3n) is 7.16. The fourth-order valence-corrected chi connectivity index (χ4v) is 6.45. The van der Waals surface area contributed by atoms with Gasteiger partial charge in [-0.15, -0.1) is 0 Å². The van der Waals surface area contributed by atoms with Gasteiger partial charge in [-0.2, -0.15) is 4.31 Å². The number of aryl methyl sites for hydroxylation is 1. The van der Waals surface area contributed by atoms with Crippen molar-refractivity contribution in [3.63, 3.8) is 0 Å². The Morgan fingerprint density at radius 1 is 1.06 bits per heavy atom. The van der Waals surface area contributed by atoms with E-state index in [-0.39, 0.29) is 5.91 Å². The number of hydrogen-bond donors (Lipinski definition) is 1. The van der Waals surface area contributed by atoms with E-state index in [0.717, 1.165) is 30.2 Å². The Morgan fingerprint density at radius 2 is 1.81 bits per heavy atom. The van der Waals surface area contributed by atoms with Crippen molar-refractivity contribution in [1.82, 2.24) is 14.2 Å². The second kappa shape index (κ2) is 9.33. The molecule has 2 atom stereocenters. The van der Waals surface area contributed by atoms with Gasteiger partial charge in [0.2, 0.25) is 15.9 Å². The normalized spacial score (nSPS) is 23.8. The Labute approximate surface area is 186 Å². The van der Waals surface area contributed by atoms with E-state index in [0.29, 0.717) is 48.8 Å². The molecule has 2 aromatic rings. The molecule has 0 spiro atoms. The molecule has 1 amide bonds. The first-order valence-corrected chi connectivity index (χ1v) is 13.2. The molecule has 1 aromatic carbocycles. The Morgan fingerprint density at radius 3 is 2.55 bits per heavy atom. The molecule has 1 aromatic heterocycles. The number of hydrogen-bond acceptors (Lipinski definition) is 3. The van der Waals surface area contributed by atoms with Crippen molar-refractivity contribution in [2.24, 2.45) is 11.8 Å². The van der Waals surface area contributed by atoms with Crippen LogP contribution in [0.5, 0.6) is 0 Å². The van der Waals surface area contributed by atoms with E-state index in [2.05, 4.69) is 19.2 Å². The van der Waals surface area contributed by atoms with E-state index in [1.807, 2.05) is 22.9 Å². The summed E-state index contributed by atoms with van der Waals surface area (Å²) in [6, 6.07) is 7.58. The molecule has 2 aliphatic rings. The lowest BCUT2D eigenvalue weighted by Gasteiger charge is -2.29. The molecule has 31 heavy (non-hydrogen) atoms. The van der Waals surface area contributed by atoms with Gasteiger partial charge in [-0.3, -0.25) is 4.79 Å². The third-order valence-corrected chi connectivity index (χ3v) is 9.06. The molecule has 1 saturated heterocycles. The topological polar surface area (TPSA) is 71.4 Å². The smallest absolute Gasteiger partial charge is 0.243 e. The van der Waals surface area contributed by atoms with Crippen LogP contribution in [0.15, 0.2) is 35.4 Å². The molecule has 6 nitrogen and oxygen atoms in total. The summed E-state index contributed by atoms with van der Waals surface area (Å²) in [4.78, 5) is 12.8. The molecule has 1 saturated carbocycles. The minimum atomic E-state index is -3.46. The van der Waals surface area contributed by atoms with Crippen LogP contribution in [-0.2, 0) is 21.4 Å². The molecule has 0 radical (unpaired) electrons. The molecule has 0 unspecified atom stereocenters. The second-order valence-corrected chi connectivity index (χ2v) is 11.4. The van der Waals surface area contributed by atoms with Crippen LogP contribution in [0.25, 0.3) is 10.9 Å². The molecule has 0 bridgehead atoms. The SMILES string of the molecule is CC1CCN(S(=O)(=O)c2ccc3c(ccn3CCC(=O)N[C@H]3CCCC[C@@H]3C)c2)CC1. The number of piperidine rings is 1. The maximum atomic E-state index is 13.0. The van der Waals surface area contributed by atoms with Crippen molar-refractivity contribution >= 4 is 26.8 Å². The van der Waals surface area contributed by atoms with E-state index in [1.165, 1.54) is 19.3 Å². The van der Waals surface area contributed by atoms with Gasteiger partial charge in [0.1, 0.15) is 0 Å². The zero-order valence-electron chi connectivity index (χ0n) is 18.7. The van der Waals surface area contributed by atoms with E-state index >= 15 is 0 Å². The van der Waals surface area contributed by atoms with Gasteiger partial charge in [0.25, 0.3) is 0 Å². The maximum absolute atomic E-state index is 13.0. The lowest BCUT2D eigenvalue weighted by Crippen LogP contribution is -2.41. The van der Waals surface area contributed by atoms with Crippen LogP contribution < -0.4 is 5.32 Å². The van der Waals surface area contributed by atoms with Crippen molar-refractivity contribution in [2.75, 3.05) is 13.1 Å². The molecule has 1 aliphatic heterocycles. The largest absolute Gasteiger partial charge is 0.353 e. The number of aromatic nitrogens is 1. The van der Waals surface area contributed by atoms with E-state index < -0.39 is 10.0 Å². The quantitative estimate of drug-likeness (QED) is 0.726. The van der Waals surface area contributed by atoms with Crippen LogP contribution in [0.4, 0.5) is 0 Å². The number of sulfonamides is 1. The van der Waals surface area contributed by atoms with Crippen LogP contribution in [0.2, 0.25) is 0 Å². The van der Waals surface area contributed by atoms with Crippen molar-refractivity contribution in [1.29, 1.82) is 0 Å². The first kappa shape index (κ1) is 22.3. The summed E-state index contributed by atoms with van der Waals surface area (Å²) in [7, 11) is -3.46. The van der Waals surface area contributed by atoms with Gasteiger partial charge in [-0.25, -0.2) is 8.42 Å². The Bertz CT molecular complexity index is 1020. The van der Waals surface area contributed by atoms with E-state index in [4.69, 9.17) is 0 Å². The average Bonchev–Trinajstić information content (AvgIpc) is 3.16. The predicted octanol–water partition coefficient (Wildman–Crippen LogP) is 4.15. The average molecular weight is 446 g/mol. The van der Waals surface area contributed by atoms with Crippen LogP contribution in [0.1, 0.15) is 58.8 Å². The molecule has 1 aliphatic carbocycles. The van der Waals surface area contributed by atoms with Crippen molar-refractivity contribution < 1.29 is 13.2 Å². The van der Waals surface area contributed by atoms with Gasteiger partial charge < -0.3 is 9.88 Å². The second-order valence-electron chi connectivity index (χ2n) is 9.50. The molecule has 2 heterocycles. The van der Waals surface area contributed by atoms with Gasteiger partial charge in [0.15, 0.2) is 0 Å². The van der Waals surface area contributed by atoms with Crippen LogP contribution in [0.3, 0.4) is 0 Å². The van der Waals surface area contributed by atoms with E-state index in [1.54, 1.807) is 16.4 Å². The number of benzene rings is 1. The highest BCUT2D eigenvalue weighted by molar-refractivity contribution is 7.89. The summed E-state index contributed by atoms with van der Waals surface area (Å²) >= 11 is 0. The predicted molar refractivity (Wildman–Crippen MR) is 123 cm³/mol. The molecular weight excluding hydrogens is 410 g/mol. The van der Waals surface area contributed by atoms with Gasteiger partial charge in [0, 0.05) is 49.2 Å². The van der Waals surface area contributed by atoms with Crippen molar-refractivity contribution in [3.05, 3.63) is 30.5 Å². The Hall–Kier alpha value is -1.86. The molecule has 7 heteroatoms. The first-order valence-electron chi connectivity index (χ1n) is 11.7. The minimum Gasteiger partial charge on any atom is -0.353 e. The maximum Gasteiger partial charge on any atom is 0.243 e. The summed E-state index contributed by atoms with van der Waals surface area (Å²) in [5, 5.41) is 4.11. The number of nitrogens with zero attached hydrogens (tertiary/aromatic N) is 2. The van der Waals surface area contributed by atoms with Crippen LogP contribution in [0, 0.1) is 11.8 Å². The molecule has 2 fully saturated rings. The van der Waals surface area contributed by atoms with Crippen LogP contribution in [-0.4, -0.2) is 42.3 Å². The van der Waals surface area contributed by atoms with Gasteiger partial charge in [0.05, 0.1) is 4.90 Å². The number of carbonyl (C=O) groups is 1. The minimum absolute atomic E-state index is 0.0964. The number of rotatable bonds is 6. The zero-order chi connectivity index (χ0) is 22.0. The number of nitrogens with one attached hydrogen (secondary N) is 1. The molecule has 4 rings (SSSR count). The highest BCUT2D eigenvalue weighted by atomic mass is 32.2. The molecular formula is C24H35N3O3S. The van der Waals surface area contributed by atoms with Gasteiger partial charge >= 0.3 is 0 Å². The summed E-state index contributed by atoms with van der Waals surface area (Å²) in [6.45, 7) is 6.18. The summed E-state index contributed by atoms with van der Waals surface area (Å²) in [5.74, 6) is 1.23. The fourth-order valence-electron chi connectivity index (χ4n) is 4.94. The fraction of sp³-hybridized carbons (Fsp3) is 0.625. The van der Waals surface area contributed by atoms with Crippen molar-refractivity contribution in [2.45, 2.75) is 76.3 Å². The highest BCUT2D eigenvalue weighted by Crippen LogP contribution is 2.27. The zero-order valence-corrected chi connectivity index (χ0v) is 19.5. The first-order chi connectivity index (χ1) is 14.8. The summed E-state index contributed by atoms with van der Waals surface area (Å²) in [5.41, 5.74) is 0.963. The standard InChI is InChI=1S/C24H35N3O3S/c1-18-9-15-27(16-10-18)31(29,30)21-7-8-23-20(17-21)11-13-26(23)14-12-24(28)25-22-6-4-3-5-19(22)2/h7-8,11,13,17-19,22H,3-6,9-10,12,14-16H2,1-2H3,(H,25,28)/t19-,22-/m0/s1. The van der Waals surface area contributed by atoms with Gasteiger partial charge in [-0.05, 0) is 61.8 Å². The van der Waals surface area contributed by atoms with Crippen molar-refractivity contribution in [3.8, 4) is 0 Å². The Balaban J connectivity index is 1.41. The lowest BCUT2D eigenvalue weighted by molar-refractivity contribution is -0.122. The molecule has 1 N–H and O–H groups in total. The third kappa shape index (κ3) is 4.98. The number of amides is 1. The van der Waals surface area contributed by atoms with Crippen LogP contribution >= 0.6 is 0 Å². The molecule has 170 valence electrons.